The highest BCUT2D eigenvalue weighted by Gasteiger charge is 2.17. The van der Waals surface area contributed by atoms with Crippen molar-refractivity contribution in [1.82, 2.24) is 5.32 Å². The summed E-state index contributed by atoms with van der Waals surface area (Å²) in [5, 5.41) is 11.5. The quantitative estimate of drug-likeness (QED) is 0.878. The van der Waals surface area contributed by atoms with Crippen LogP contribution >= 0.6 is 15.9 Å². The predicted molar refractivity (Wildman–Crippen MR) is 67.6 cm³/mol. The van der Waals surface area contributed by atoms with Crippen molar-refractivity contribution in [3.05, 3.63) is 34.3 Å². The molecule has 0 saturated heterocycles. The average molecular weight is 300 g/mol. The molecule has 1 atom stereocenters. The van der Waals surface area contributed by atoms with Crippen molar-refractivity contribution in [1.29, 1.82) is 0 Å². The summed E-state index contributed by atoms with van der Waals surface area (Å²) in [5.41, 5.74) is 0.781. The van der Waals surface area contributed by atoms with Crippen molar-refractivity contribution < 1.29 is 14.7 Å². The lowest BCUT2D eigenvalue weighted by molar-refractivity contribution is -0.137. The van der Waals surface area contributed by atoms with Crippen LogP contribution in [0.3, 0.4) is 0 Å². The van der Waals surface area contributed by atoms with Gasteiger partial charge in [0.05, 0.1) is 12.5 Å². The van der Waals surface area contributed by atoms with Crippen LogP contribution in [-0.4, -0.2) is 17.0 Å². The van der Waals surface area contributed by atoms with Gasteiger partial charge in [-0.1, -0.05) is 35.0 Å². The van der Waals surface area contributed by atoms with Gasteiger partial charge in [0.2, 0.25) is 5.91 Å². The molecule has 1 aromatic rings. The molecule has 0 heterocycles. The first-order valence-corrected chi connectivity index (χ1v) is 6.09. The lowest BCUT2D eigenvalue weighted by Crippen LogP contribution is -2.29. The molecule has 0 radical (unpaired) electrons. The van der Waals surface area contributed by atoms with Gasteiger partial charge in [0, 0.05) is 10.9 Å². The van der Waals surface area contributed by atoms with E-state index < -0.39 is 12.0 Å². The molecular formula is C12H14BrNO3. The molecule has 4 nitrogen and oxygen atoms in total. The Balaban J connectivity index is 2.89. The van der Waals surface area contributed by atoms with Gasteiger partial charge in [0.25, 0.3) is 0 Å². The summed E-state index contributed by atoms with van der Waals surface area (Å²) in [6.45, 7) is 1.73. The van der Waals surface area contributed by atoms with Gasteiger partial charge in [-0.2, -0.15) is 0 Å². The van der Waals surface area contributed by atoms with Crippen molar-refractivity contribution >= 4 is 27.8 Å². The standard InChI is InChI=1S/C12H14BrNO3/c1-2-11(15)14-10(7-12(16)17)8-4-3-5-9(13)6-8/h3-6,10H,2,7H2,1H3,(H,14,15)(H,16,17)/t10-/m1/s1. The number of aliphatic carboxylic acids is 1. The van der Waals surface area contributed by atoms with Crippen molar-refractivity contribution in [2.24, 2.45) is 0 Å². The number of carboxylic acids is 1. The van der Waals surface area contributed by atoms with Gasteiger partial charge < -0.3 is 10.4 Å². The van der Waals surface area contributed by atoms with E-state index in [0.717, 1.165) is 10.0 Å². The second kappa shape index (κ2) is 6.39. The number of hydrogen-bond acceptors (Lipinski definition) is 2. The predicted octanol–water partition coefficient (Wildman–Crippen LogP) is 2.49. The van der Waals surface area contributed by atoms with Gasteiger partial charge in [0.1, 0.15) is 0 Å². The van der Waals surface area contributed by atoms with Crippen LogP contribution in [0, 0.1) is 0 Å². The highest BCUT2D eigenvalue weighted by Crippen LogP contribution is 2.21. The third kappa shape index (κ3) is 4.56. The molecule has 1 rings (SSSR count). The van der Waals surface area contributed by atoms with Gasteiger partial charge in [0.15, 0.2) is 0 Å². The normalized spacial score (nSPS) is 11.9. The van der Waals surface area contributed by atoms with Gasteiger partial charge in [-0.15, -0.1) is 0 Å². The number of nitrogens with one attached hydrogen (secondary N) is 1. The van der Waals surface area contributed by atoms with Crippen molar-refractivity contribution in [3.8, 4) is 0 Å². The molecule has 0 unspecified atom stereocenters. The number of rotatable bonds is 5. The Kier molecular flexibility index (Phi) is 5.15. The van der Waals surface area contributed by atoms with Crippen LogP contribution in [-0.2, 0) is 9.59 Å². The van der Waals surface area contributed by atoms with E-state index in [-0.39, 0.29) is 12.3 Å². The molecule has 0 aromatic heterocycles. The van der Waals surface area contributed by atoms with E-state index in [1.54, 1.807) is 13.0 Å². The number of halogens is 1. The smallest absolute Gasteiger partial charge is 0.305 e. The van der Waals surface area contributed by atoms with Crippen LogP contribution in [0.5, 0.6) is 0 Å². The zero-order valence-electron chi connectivity index (χ0n) is 9.44. The maximum absolute atomic E-state index is 11.3. The minimum absolute atomic E-state index is 0.123. The first-order valence-electron chi connectivity index (χ1n) is 5.29. The Labute approximate surface area is 108 Å². The molecule has 0 aliphatic carbocycles. The molecular weight excluding hydrogens is 286 g/mol. The zero-order valence-corrected chi connectivity index (χ0v) is 11.0. The fourth-order valence-corrected chi connectivity index (χ4v) is 1.86. The number of amides is 1. The van der Waals surface area contributed by atoms with Crippen molar-refractivity contribution in [2.75, 3.05) is 0 Å². The van der Waals surface area contributed by atoms with Crippen LogP contribution in [0.2, 0.25) is 0 Å². The minimum Gasteiger partial charge on any atom is -0.481 e. The van der Waals surface area contributed by atoms with Gasteiger partial charge in [-0.3, -0.25) is 9.59 Å². The fourth-order valence-electron chi connectivity index (χ4n) is 1.45. The molecule has 1 aromatic carbocycles. The lowest BCUT2D eigenvalue weighted by Gasteiger charge is -2.17. The summed E-state index contributed by atoms with van der Waals surface area (Å²) in [6.07, 6.45) is 0.215. The average Bonchev–Trinajstić information content (AvgIpc) is 2.27. The molecule has 17 heavy (non-hydrogen) atoms. The number of carbonyl (C=O) groups excluding carboxylic acids is 1. The third-order valence-corrected chi connectivity index (χ3v) is 2.78. The molecule has 0 fully saturated rings. The van der Waals surface area contributed by atoms with Gasteiger partial charge in [-0.25, -0.2) is 0 Å². The highest BCUT2D eigenvalue weighted by atomic mass is 79.9. The van der Waals surface area contributed by atoms with E-state index in [1.807, 2.05) is 18.2 Å². The second-order valence-corrected chi connectivity index (χ2v) is 4.54. The van der Waals surface area contributed by atoms with Crippen LogP contribution in [0.4, 0.5) is 0 Å². The number of hydrogen-bond donors (Lipinski definition) is 2. The molecule has 5 heteroatoms. The number of benzene rings is 1. The van der Waals surface area contributed by atoms with Crippen LogP contribution < -0.4 is 5.32 Å². The highest BCUT2D eigenvalue weighted by molar-refractivity contribution is 9.10. The number of carbonyl (C=O) groups is 2. The van der Waals surface area contributed by atoms with Crippen molar-refractivity contribution in [3.63, 3.8) is 0 Å². The van der Waals surface area contributed by atoms with Crippen LogP contribution in [0.1, 0.15) is 31.4 Å². The molecule has 0 saturated carbocycles. The van der Waals surface area contributed by atoms with E-state index in [4.69, 9.17) is 5.11 Å². The summed E-state index contributed by atoms with van der Waals surface area (Å²) in [6, 6.07) is 6.78. The summed E-state index contributed by atoms with van der Waals surface area (Å²) in [7, 11) is 0. The van der Waals surface area contributed by atoms with E-state index in [0.29, 0.717) is 6.42 Å². The molecule has 0 aliphatic rings. The van der Waals surface area contributed by atoms with E-state index in [1.165, 1.54) is 0 Å². The third-order valence-electron chi connectivity index (χ3n) is 2.29. The lowest BCUT2D eigenvalue weighted by atomic mass is 10.0. The van der Waals surface area contributed by atoms with E-state index >= 15 is 0 Å². The zero-order chi connectivity index (χ0) is 12.8. The Morgan fingerprint density at radius 3 is 2.71 bits per heavy atom. The maximum Gasteiger partial charge on any atom is 0.305 e. The largest absolute Gasteiger partial charge is 0.481 e. The Bertz CT molecular complexity index is 420. The molecule has 0 bridgehead atoms. The van der Waals surface area contributed by atoms with E-state index in [2.05, 4.69) is 21.2 Å². The monoisotopic (exact) mass is 299 g/mol. The first-order chi connectivity index (χ1) is 8.02. The molecule has 1 amide bonds. The Hall–Kier alpha value is -1.36. The Morgan fingerprint density at radius 1 is 1.47 bits per heavy atom. The molecule has 0 spiro atoms. The van der Waals surface area contributed by atoms with Gasteiger partial charge in [-0.05, 0) is 17.7 Å². The second-order valence-electron chi connectivity index (χ2n) is 3.63. The molecule has 92 valence electrons. The SMILES string of the molecule is CCC(=O)N[C@H](CC(=O)O)c1cccc(Br)c1. The maximum atomic E-state index is 11.3. The fraction of sp³-hybridized carbons (Fsp3) is 0.333. The first kappa shape index (κ1) is 13.7. The molecule has 0 aliphatic heterocycles. The van der Waals surface area contributed by atoms with Crippen LogP contribution in [0.15, 0.2) is 28.7 Å². The van der Waals surface area contributed by atoms with Gasteiger partial charge >= 0.3 is 5.97 Å². The topological polar surface area (TPSA) is 66.4 Å². The number of carboxylic acid groups (broad SMARTS) is 1. The minimum atomic E-state index is -0.939. The Morgan fingerprint density at radius 2 is 2.18 bits per heavy atom. The van der Waals surface area contributed by atoms with E-state index in [9.17, 15) is 9.59 Å². The summed E-state index contributed by atoms with van der Waals surface area (Å²) in [5.74, 6) is -1.09. The summed E-state index contributed by atoms with van der Waals surface area (Å²) >= 11 is 3.32. The summed E-state index contributed by atoms with van der Waals surface area (Å²) < 4.78 is 0.858. The van der Waals surface area contributed by atoms with Crippen LogP contribution in [0.25, 0.3) is 0 Å². The summed E-state index contributed by atoms with van der Waals surface area (Å²) in [4.78, 5) is 22.1. The van der Waals surface area contributed by atoms with Crippen molar-refractivity contribution in [2.45, 2.75) is 25.8 Å². The molecule has 2 N–H and O–H groups in total.